The van der Waals surface area contributed by atoms with Gasteiger partial charge in [0.25, 0.3) is 0 Å². The molecule has 104 valence electrons. The summed E-state index contributed by atoms with van der Waals surface area (Å²) in [6.45, 7) is 4.07. The Kier molecular flexibility index (Phi) is 3.35. The minimum atomic E-state index is -0.864. The van der Waals surface area contributed by atoms with Gasteiger partial charge in [-0.05, 0) is 24.3 Å². The molecule has 0 radical (unpaired) electrons. The summed E-state index contributed by atoms with van der Waals surface area (Å²) in [6, 6.07) is 4.07. The molecule has 0 fully saturated rings. The highest BCUT2D eigenvalue weighted by atomic mass is 32.1. The van der Waals surface area contributed by atoms with Gasteiger partial charge in [0.1, 0.15) is 10.6 Å². The van der Waals surface area contributed by atoms with Gasteiger partial charge in [0.2, 0.25) is 0 Å². The summed E-state index contributed by atoms with van der Waals surface area (Å²) < 4.78 is 2.03. The monoisotopic (exact) mass is 306 g/mol. The fraction of sp³-hybridized carbons (Fsp3) is 0.286. The Morgan fingerprint density at radius 2 is 2.10 bits per heavy atom. The molecular weight excluding hydrogens is 292 g/mol. The predicted molar refractivity (Wildman–Crippen MR) is 82.1 cm³/mol. The number of thiophene rings is 1. The zero-order valence-electron chi connectivity index (χ0n) is 11.2. The van der Waals surface area contributed by atoms with Crippen molar-refractivity contribution in [2.24, 2.45) is 0 Å². The molecule has 0 saturated carbocycles. The molecule has 3 aromatic heterocycles. The first-order valence-electron chi connectivity index (χ1n) is 6.47. The number of hydrogen-bond donors (Lipinski definition) is 1. The van der Waals surface area contributed by atoms with E-state index in [1.165, 1.54) is 11.3 Å². The van der Waals surface area contributed by atoms with Crippen LogP contribution in [0.4, 0.5) is 0 Å². The molecule has 0 amide bonds. The second kappa shape index (κ2) is 5.03. The van der Waals surface area contributed by atoms with Gasteiger partial charge in [-0.25, -0.2) is 9.78 Å². The highest BCUT2D eigenvalue weighted by Gasteiger charge is 2.23. The van der Waals surface area contributed by atoms with Crippen LogP contribution in [0, 0.1) is 0 Å². The number of aromatic carboxylic acids is 1. The molecule has 4 nitrogen and oxygen atoms in total. The van der Waals surface area contributed by atoms with Gasteiger partial charge in [0, 0.05) is 5.69 Å². The van der Waals surface area contributed by atoms with E-state index in [2.05, 4.69) is 18.0 Å². The number of hydrogen-bond acceptors (Lipinski definition) is 4. The molecule has 3 rings (SSSR count). The van der Waals surface area contributed by atoms with Crippen molar-refractivity contribution in [2.75, 3.05) is 0 Å². The van der Waals surface area contributed by atoms with E-state index in [0.29, 0.717) is 11.3 Å². The summed E-state index contributed by atoms with van der Waals surface area (Å²) in [4.78, 5) is 18.3. The molecule has 0 atom stereocenters. The van der Waals surface area contributed by atoms with Gasteiger partial charge in [-0.2, -0.15) is 0 Å². The molecule has 1 N–H and O–H groups in total. The first kappa shape index (κ1) is 13.3. The van der Waals surface area contributed by atoms with Crippen LogP contribution in [-0.4, -0.2) is 20.5 Å². The van der Waals surface area contributed by atoms with Crippen molar-refractivity contribution in [3.8, 4) is 10.6 Å². The molecule has 0 aliphatic heterocycles. The molecule has 6 heteroatoms. The van der Waals surface area contributed by atoms with Crippen LogP contribution in [-0.2, 0) is 12.8 Å². The Labute approximate surface area is 124 Å². The third kappa shape index (κ3) is 1.87. The maximum atomic E-state index is 11.3. The number of carbonyl (C=O) groups is 1. The zero-order valence-corrected chi connectivity index (χ0v) is 12.8. The molecular formula is C14H14N2O2S2. The number of rotatable bonds is 4. The standard InChI is InChI=1S/C14H14N2O2S2/c1-3-8-11(10-6-5-7-19-10)15-14-16(8)9(4-2)12(20-14)13(17)18/h5-7H,3-4H2,1-2H3,(H,17,18). The number of fused-ring (bicyclic) bond motifs is 1. The average Bonchev–Trinajstić information content (AvgIpc) is 3.11. The SMILES string of the molecule is CCc1c(-c2cccs2)nc2sc(C(=O)O)c(CC)n12. The van der Waals surface area contributed by atoms with E-state index in [-0.39, 0.29) is 0 Å². The van der Waals surface area contributed by atoms with E-state index in [9.17, 15) is 9.90 Å². The lowest BCUT2D eigenvalue weighted by Crippen LogP contribution is -2.02. The number of aryl methyl sites for hydroxylation is 2. The van der Waals surface area contributed by atoms with Gasteiger partial charge < -0.3 is 5.11 Å². The van der Waals surface area contributed by atoms with Gasteiger partial charge in [0.15, 0.2) is 4.96 Å². The molecule has 0 unspecified atom stereocenters. The largest absolute Gasteiger partial charge is 0.477 e. The lowest BCUT2D eigenvalue weighted by Gasteiger charge is -2.03. The number of carboxylic acid groups (broad SMARTS) is 1. The summed E-state index contributed by atoms with van der Waals surface area (Å²) >= 11 is 2.92. The predicted octanol–water partition coefficient (Wildman–Crippen LogP) is 3.95. The number of aromatic nitrogens is 2. The fourth-order valence-corrected chi connectivity index (χ4v) is 4.26. The maximum Gasteiger partial charge on any atom is 0.347 e. The summed E-state index contributed by atoms with van der Waals surface area (Å²) in [5.41, 5.74) is 2.94. The zero-order chi connectivity index (χ0) is 14.3. The number of thiazole rings is 1. The Morgan fingerprint density at radius 1 is 1.35 bits per heavy atom. The van der Waals surface area contributed by atoms with Crippen LogP contribution in [0.5, 0.6) is 0 Å². The van der Waals surface area contributed by atoms with Crippen molar-refractivity contribution < 1.29 is 9.90 Å². The van der Waals surface area contributed by atoms with Crippen LogP contribution in [0.1, 0.15) is 34.9 Å². The van der Waals surface area contributed by atoms with Crippen LogP contribution in [0.2, 0.25) is 0 Å². The van der Waals surface area contributed by atoms with Crippen molar-refractivity contribution in [1.82, 2.24) is 9.38 Å². The van der Waals surface area contributed by atoms with Crippen molar-refractivity contribution in [1.29, 1.82) is 0 Å². The fourth-order valence-electron chi connectivity index (χ4n) is 2.45. The lowest BCUT2D eigenvalue weighted by molar-refractivity contribution is 0.0700. The summed E-state index contributed by atoms with van der Waals surface area (Å²) in [6.07, 6.45) is 1.52. The van der Waals surface area contributed by atoms with E-state index in [1.807, 2.05) is 22.8 Å². The smallest absolute Gasteiger partial charge is 0.347 e. The van der Waals surface area contributed by atoms with E-state index >= 15 is 0 Å². The van der Waals surface area contributed by atoms with Gasteiger partial charge in [-0.1, -0.05) is 31.3 Å². The van der Waals surface area contributed by atoms with Crippen molar-refractivity contribution >= 4 is 33.6 Å². The summed E-state index contributed by atoms with van der Waals surface area (Å²) in [7, 11) is 0. The first-order valence-corrected chi connectivity index (χ1v) is 8.17. The average molecular weight is 306 g/mol. The van der Waals surface area contributed by atoms with Gasteiger partial charge in [0.05, 0.1) is 10.6 Å². The van der Waals surface area contributed by atoms with Crippen LogP contribution in [0.25, 0.3) is 15.5 Å². The molecule has 0 aliphatic carbocycles. The topological polar surface area (TPSA) is 54.6 Å². The Morgan fingerprint density at radius 3 is 2.65 bits per heavy atom. The molecule has 0 aromatic carbocycles. The summed E-state index contributed by atoms with van der Waals surface area (Å²) in [5, 5.41) is 11.3. The molecule has 3 heterocycles. The third-order valence-electron chi connectivity index (χ3n) is 3.29. The Hall–Kier alpha value is -1.66. The van der Waals surface area contributed by atoms with Crippen LogP contribution >= 0.6 is 22.7 Å². The van der Waals surface area contributed by atoms with Gasteiger partial charge >= 0.3 is 5.97 Å². The van der Waals surface area contributed by atoms with Gasteiger partial charge in [-0.15, -0.1) is 11.3 Å². The highest BCUT2D eigenvalue weighted by Crippen LogP contribution is 2.33. The normalized spacial score (nSPS) is 11.3. The number of imidazole rings is 1. The van der Waals surface area contributed by atoms with E-state index in [1.54, 1.807) is 11.3 Å². The number of carboxylic acids is 1. The van der Waals surface area contributed by atoms with Crippen molar-refractivity contribution in [2.45, 2.75) is 26.7 Å². The van der Waals surface area contributed by atoms with Crippen LogP contribution in [0.15, 0.2) is 17.5 Å². The van der Waals surface area contributed by atoms with Crippen LogP contribution in [0.3, 0.4) is 0 Å². The molecule has 0 saturated heterocycles. The molecule has 0 aliphatic rings. The Balaban J connectivity index is 2.32. The number of nitrogens with zero attached hydrogens (tertiary/aromatic N) is 2. The quantitative estimate of drug-likeness (QED) is 0.794. The van der Waals surface area contributed by atoms with Crippen molar-refractivity contribution in [3.63, 3.8) is 0 Å². The molecule has 0 spiro atoms. The van der Waals surface area contributed by atoms with E-state index in [4.69, 9.17) is 0 Å². The second-order valence-corrected chi connectivity index (χ2v) is 6.32. The summed E-state index contributed by atoms with van der Waals surface area (Å²) in [5.74, 6) is -0.864. The highest BCUT2D eigenvalue weighted by molar-refractivity contribution is 7.19. The lowest BCUT2D eigenvalue weighted by atomic mass is 10.2. The van der Waals surface area contributed by atoms with E-state index in [0.717, 1.165) is 33.3 Å². The second-order valence-electron chi connectivity index (χ2n) is 4.39. The molecule has 0 bridgehead atoms. The first-order chi connectivity index (χ1) is 9.67. The molecule has 20 heavy (non-hydrogen) atoms. The maximum absolute atomic E-state index is 11.3. The van der Waals surface area contributed by atoms with Crippen molar-refractivity contribution in [3.05, 3.63) is 33.8 Å². The third-order valence-corrected chi connectivity index (χ3v) is 5.23. The van der Waals surface area contributed by atoms with E-state index < -0.39 is 5.97 Å². The Bertz CT molecular complexity index is 769. The minimum Gasteiger partial charge on any atom is -0.477 e. The van der Waals surface area contributed by atoms with Gasteiger partial charge in [-0.3, -0.25) is 4.40 Å². The minimum absolute atomic E-state index is 0.405. The molecule has 3 aromatic rings. The van der Waals surface area contributed by atoms with Crippen LogP contribution < -0.4 is 0 Å².